The summed E-state index contributed by atoms with van der Waals surface area (Å²) in [5.74, 6) is 0.353. The van der Waals surface area contributed by atoms with Crippen molar-refractivity contribution in [1.82, 2.24) is 5.32 Å². The average Bonchev–Trinajstić information content (AvgIpc) is 2.23. The molecule has 0 aromatic carbocycles. The van der Waals surface area contributed by atoms with Crippen molar-refractivity contribution in [3.63, 3.8) is 0 Å². The molecule has 4 unspecified atom stereocenters. The lowest BCUT2D eigenvalue weighted by Gasteiger charge is -2.52. The van der Waals surface area contributed by atoms with E-state index in [1.807, 2.05) is 20.8 Å². The molecule has 17 heavy (non-hydrogen) atoms. The zero-order valence-corrected chi connectivity index (χ0v) is 10.7. The molecule has 1 aliphatic carbocycles. The first-order valence-corrected chi connectivity index (χ1v) is 6.25. The van der Waals surface area contributed by atoms with Gasteiger partial charge < -0.3 is 20.5 Å². The van der Waals surface area contributed by atoms with Gasteiger partial charge in [-0.15, -0.1) is 0 Å². The van der Waals surface area contributed by atoms with Crippen molar-refractivity contribution >= 4 is 6.09 Å². The van der Waals surface area contributed by atoms with Crippen LogP contribution < -0.4 is 11.1 Å². The second kappa shape index (κ2) is 4.46. The Labute approximate surface area is 102 Å². The van der Waals surface area contributed by atoms with Crippen LogP contribution in [0.1, 0.15) is 33.6 Å². The highest BCUT2D eigenvalue weighted by molar-refractivity contribution is 5.68. The lowest BCUT2D eigenvalue weighted by Crippen LogP contribution is -2.72. The number of rotatable bonds is 1. The van der Waals surface area contributed by atoms with Crippen molar-refractivity contribution < 1.29 is 14.3 Å². The molecule has 2 aliphatic rings. The van der Waals surface area contributed by atoms with Crippen LogP contribution in [0, 0.1) is 5.92 Å². The maximum absolute atomic E-state index is 11.7. The summed E-state index contributed by atoms with van der Waals surface area (Å²) in [7, 11) is 0. The average molecular weight is 242 g/mol. The van der Waals surface area contributed by atoms with Crippen LogP contribution in [0.2, 0.25) is 0 Å². The highest BCUT2D eigenvalue weighted by atomic mass is 16.6. The second-order valence-corrected chi connectivity index (χ2v) is 5.89. The number of carbonyl (C=O) groups excluding carboxylic acids is 1. The number of ether oxygens (including phenoxy) is 2. The molecule has 5 nitrogen and oxygen atoms in total. The number of alkyl carbamates (subject to hydrolysis) is 1. The van der Waals surface area contributed by atoms with Crippen LogP contribution in [-0.2, 0) is 9.47 Å². The Balaban J connectivity index is 1.85. The zero-order chi connectivity index (χ0) is 12.6. The monoisotopic (exact) mass is 242 g/mol. The Morgan fingerprint density at radius 1 is 1.47 bits per heavy atom. The Morgan fingerprint density at radius 2 is 2.18 bits per heavy atom. The SMILES string of the molecule is CC(C)(C)OC(=O)NC1C(N)C2OCCCC12. The predicted octanol–water partition coefficient (Wildman–Crippen LogP) is 1.02. The van der Waals surface area contributed by atoms with E-state index in [0.29, 0.717) is 5.92 Å². The largest absolute Gasteiger partial charge is 0.444 e. The van der Waals surface area contributed by atoms with Crippen molar-refractivity contribution in [2.45, 2.75) is 57.4 Å². The van der Waals surface area contributed by atoms with Gasteiger partial charge in [0.05, 0.1) is 18.2 Å². The summed E-state index contributed by atoms with van der Waals surface area (Å²) >= 11 is 0. The topological polar surface area (TPSA) is 73.6 Å². The minimum Gasteiger partial charge on any atom is -0.444 e. The van der Waals surface area contributed by atoms with Gasteiger partial charge in [-0.1, -0.05) is 0 Å². The van der Waals surface area contributed by atoms with Crippen LogP contribution in [0.3, 0.4) is 0 Å². The van der Waals surface area contributed by atoms with Gasteiger partial charge in [-0.3, -0.25) is 0 Å². The third-order valence-corrected chi connectivity index (χ3v) is 3.35. The molecule has 5 heteroatoms. The summed E-state index contributed by atoms with van der Waals surface area (Å²) in [6, 6.07) is -0.108. The van der Waals surface area contributed by atoms with Gasteiger partial charge in [0.2, 0.25) is 0 Å². The number of nitrogens with one attached hydrogen (secondary N) is 1. The van der Waals surface area contributed by atoms with Gasteiger partial charge in [-0.2, -0.15) is 0 Å². The number of hydrogen-bond acceptors (Lipinski definition) is 4. The van der Waals surface area contributed by atoms with Crippen molar-refractivity contribution in [2.75, 3.05) is 6.61 Å². The van der Waals surface area contributed by atoms with Crippen LogP contribution in [0.5, 0.6) is 0 Å². The van der Waals surface area contributed by atoms with Crippen LogP contribution in [0.25, 0.3) is 0 Å². The molecule has 0 bridgehead atoms. The van der Waals surface area contributed by atoms with Gasteiger partial charge >= 0.3 is 6.09 Å². The van der Waals surface area contributed by atoms with Crippen molar-refractivity contribution in [3.05, 3.63) is 0 Å². The van der Waals surface area contributed by atoms with Crippen LogP contribution >= 0.6 is 0 Å². The van der Waals surface area contributed by atoms with Gasteiger partial charge in [-0.05, 0) is 33.6 Å². The summed E-state index contributed by atoms with van der Waals surface area (Å²) in [5.41, 5.74) is 5.52. The number of fused-ring (bicyclic) bond motifs is 1. The molecule has 1 amide bonds. The second-order valence-electron chi connectivity index (χ2n) is 5.89. The summed E-state index contributed by atoms with van der Waals surface area (Å²) in [6.07, 6.45) is 1.84. The first kappa shape index (κ1) is 12.6. The maximum atomic E-state index is 11.7. The molecule has 98 valence electrons. The predicted molar refractivity (Wildman–Crippen MR) is 63.6 cm³/mol. The van der Waals surface area contributed by atoms with Crippen LogP contribution in [0.4, 0.5) is 4.79 Å². The lowest BCUT2D eigenvalue weighted by atomic mass is 9.69. The smallest absolute Gasteiger partial charge is 0.407 e. The highest BCUT2D eigenvalue weighted by Crippen LogP contribution is 2.37. The van der Waals surface area contributed by atoms with Crippen molar-refractivity contribution in [1.29, 1.82) is 0 Å². The molecule has 1 aliphatic heterocycles. The summed E-state index contributed by atoms with van der Waals surface area (Å²) in [5, 5.41) is 2.86. The Kier molecular flexibility index (Phi) is 3.32. The van der Waals surface area contributed by atoms with E-state index in [2.05, 4.69) is 5.32 Å². The minimum atomic E-state index is -0.472. The maximum Gasteiger partial charge on any atom is 0.407 e. The third kappa shape index (κ3) is 2.72. The van der Waals surface area contributed by atoms with Crippen LogP contribution in [-0.4, -0.2) is 36.5 Å². The van der Waals surface area contributed by atoms with Gasteiger partial charge in [0, 0.05) is 12.5 Å². The molecule has 1 saturated heterocycles. The van der Waals surface area contributed by atoms with Crippen LogP contribution in [0.15, 0.2) is 0 Å². The molecule has 4 atom stereocenters. The van der Waals surface area contributed by atoms with Gasteiger partial charge in [0.15, 0.2) is 0 Å². The highest BCUT2D eigenvalue weighted by Gasteiger charge is 2.51. The first-order valence-electron chi connectivity index (χ1n) is 6.25. The third-order valence-electron chi connectivity index (χ3n) is 3.35. The first-order chi connectivity index (χ1) is 7.88. The quantitative estimate of drug-likeness (QED) is 0.720. The Bertz CT molecular complexity index is 301. The number of hydrogen-bond donors (Lipinski definition) is 2. The molecule has 0 spiro atoms. The fourth-order valence-electron chi connectivity index (χ4n) is 2.60. The van der Waals surface area contributed by atoms with E-state index >= 15 is 0 Å². The Hall–Kier alpha value is -0.810. The van der Waals surface area contributed by atoms with Gasteiger partial charge in [0.1, 0.15) is 5.60 Å². The Morgan fingerprint density at radius 3 is 2.82 bits per heavy atom. The molecular formula is C12H22N2O3. The van der Waals surface area contributed by atoms with E-state index < -0.39 is 5.60 Å². The molecule has 1 saturated carbocycles. The normalized spacial score (nSPS) is 36.7. The number of nitrogens with two attached hydrogens (primary N) is 1. The van der Waals surface area contributed by atoms with E-state index in [-0.39, 0.29) is 24.3 Å². The van der Waals surface area contributed by atoms with E-state index in [0.717, 1.165) is 19.4 Å². The molecule has 3 N–H and O–H groups in total. The van der Waals surface area contributed by atoms with E-state index in [4.69, 9.17) is 15.2 Å². The molecule has 0 radical (unpaired) electrons. The van der Waals surface area contributed by atoms with Gasteiger partial charge in [0.25, 0.3) is 0 Å². The molecule has 2 rings (SSSR count). The number of amides is 1. The molecule has 0 aromatic heterocycles. The molecule has 0 aromatic rings. The summed E-state index contributed by atoms with van der Waals surface area (Å²) in [4.78, 5) is 11.7. The fourth-order valence-corrected chi connectivity index (χ4v) is 2.60. The lowest BCUT2D eigenvalue weighted by molar-refractivity contribution is -0.118. The van der Waals surface area contributed by atoms with Crippen molar-refractivity contribution in [2.24, 2.45) is 11.7 Å². The molecule has 1 heterocycles. The fraction of sp³-hybridized carbons (Fsp3) is 0.917. The summed E-state index contributed by atoms with van der Waals surface area (Å²) in [6.45, 7) is 6.33. The molecular weight excluding hydrogens is 220 g/mol. The van der Waals surface area contributed by atoms with E-state index in [1.54, 1.807) is 0 Å². The molecule has 2 fully saturated rings. The number of carbonyl (C=O) groups is 1. The summed E-state index contributed by atoms with van der Waals surface area (Å²) < 4.78 is 10.8. The van der Waals surface area contributed by atoms with E-state index in [1.165, 1.54) is 0 Å². The van der Waals surface area contributed by atoms with E-state index in [9.17, 15) is 4.79 Å². The minimum absolute atomic E-state index is 0.00449. The van der Waals surface area contributed by atoms with Crippen molar-refractivity contribution in [3.8, 4) is 0 Å². The van der Waals surface area contributed by atoms with Gasteiger partial charge in [-0.25, -0.2) is 4.79 Å². The standard InChI is InChI=1S/C12H22N2O3/c1-12(2,3)17-11(15)14-9-7-5-4-6-16-10(7)8(9)13/h7-10H,4-6,13H2,1-3H3,(H,14,15). The zero-order valence-electron chi connectivity index (χ0n) is 10.7.